The second-order valence-electron chi connectivity index (χ2n) is 3.02. The zero-order valence-electron chi connectivity index (χ0n) is 7.43. The third-order valence-corrected chi connectivity index (χ3v) is 1.82. The number of carbonyl (C=O) groups is 2. The Bertz CT molecular complexity index is 169. The molecule has 2 atom stereocenters. The highest BCUT2D eigenvalue weighted by Crippen LogP contribution is 2.09. The molecule has 0 radical (unpaired) electrons. The van der Waals surface area contributed by atoms with Gasteiger partial charge in [0.1, 0.15) is 0 Å². The van der Waals surface area contributed by atoms with Crippen molar-refractivity contribution in [2.45, 2.75) is 32.3 Å². The lowest BCUT2D eigenvalue weighted by Crippen LogP contribution is -2.19. The molecule has 0 rings (SSSR count). The Labute approximate surface area is 76.0 Å². The molecule has 0 bridgehead atoms. The zero-order valence-corrected chi connectivity index (χ0v) is 7.43. The maximum atomic E-state index is 10.3. The lowest BCUT2D eigenvalue weighted by molar-refractivity contribution is -0.147. The third-order valence-electron chi connectivity index (χ3n) is 1.82. The van der Waals surface area contributed by atoms with E-state index < -0.39 is 24.0 Å². The van der Waals surface area contributed by atoms with E-state index >= 15 is 0 Å². The summed E-state index contributed by atoms with van der Waals surface area (Å²) in [5.74, 6) is -2.64. The molecule has 0 spiro atoms. The number of aliphatic hydroxyl groups is 1. The third kappa shape index (κ3) is 5.19. The largest absolute Gasteiger partial charge is 0.481 e. The Kier molecular flexibility index (Phi) is 5.06. The highest BCUT2D eigenvalue weighted by Gasteiger charge is 2.15. The highest BCUT2D eigenvalue weighted by atomic mass is 16.4. The van der Waals surface area contributed by atoms with Crippen LogP contribution in [0.25, 0.3) is 0 Å². The van der Waals surface area contributed by atoms with Crippen LogP contribution in [0.1, 0.15) is 26.2 Å². The van der Waals surface area contributed by atoms with E-state index in [1.165, 1.54) is 0 Å². The van der Waals surface area contributed by atoms with Gasteiger partial charge in [-0.05, 0) is 19.3 Å². The van der Waals surface area contributed by atoms with E-state index in [1.54, 1.807) is 6.92 Å². The van der Waals surface area contributed by atoms with Gasteiger partial charge in [-0.15, -0.1) is 0 Å². The summed E-state index contributed by atoms with van der Waals surface area (Å²) in [5, 5.41) is 25.6. The maximum Gasteiger partial charge on any atom is 0.332 e. The molecule has 0 heterocycles. The summed E-state index contributed by atoms with van der Waals surface area (Å²) in [6.45, 7) is 1.55. The molecule has 0 aromatic carbocycles. The minimum absolute atomic E-state index is 0.104. The number of hydrogen-bond acceptors (Lipinski definition) is 3. The lowest BCUT2D eigenvalue weighted by atomic mass is 10.0. The van der Waals surface area contributed by atoms with Crippen LogP contribution in [0.2, 0.25) is 0 Å². The van der Waals surface area contributed by atoms with Crippen LogP contribution in [0.5, 0.6) is 0 Å². The summed E-state index contributed by atoms with van der Waals surface area (Å²) in [4.78, 5) is 20.5. The Balaban J connectivity index is 3.56. The minimum Gasteiger partial charge on any atom is -0.481 e. The summed E-state index contributed by atoms with van der Waals surface area (Å²) in [7, 11) is 0. The quantitative estimate of drug-likeness (QED) is 0.560. The fourth-order valence-electron chi connectivity index (χ4n) is 0.864. The number of hydrogen-bond donors (Lipinski definition) is 3. The molecule has 0 amide bonds. The van der Waals surface area contributed by atoms with Gasteiger partial charge in [-0.3, -0.25) is 4.79 Å². The second-order valence-corrected chi connectivity index (χ2v) is 3.02. The van der Waals surface area contributed by atoms with Crippen LogP contribution in [0.4, 0.5) is 0 Å². The van der Waals surface area contributed by atoms with E-state index in [4.69, 9.17) is 15.3 Å². The van der Waals surface area contributed by atoms with Gasteiger partial charge < -0.3 is 15.3 Å². The van der Waals surface area contributed by atoms with Crippen molar-refractivity contribution in [3.05, 3.63) is 0 Å². The second kappa shape index (κ2) is 5.53. The van der Waals surface area contributed by atoms with Crippen LogP contribution < -0.4 is 0 Å². The summed E-state index contributed by atoms with van der Waals surface area (Å²) in [6, 6.07) is 0. The van der Waals surface area contributed by atoms with Crippen LogP contribution in [0.15, 0.2) is 0 Å². The van der Waals surface area contributed by atoms with E-state index in [0.29, 0.717) is 12.8 Å². The van der Waals surface area contributed by atoms with E-state index in [9.17, 15) is 9.59 Å². The van der Waals surface area contributed by atoms with Crippen molar-refractivity contribution in [1.29, 1.82) is 0 Å². The molecule has 13 heavy (non-hydrogen) atoms. The van der Waals surface area contributed by atoms with Crippen molar-refractivity contribution in [1.82, 2.24) is 0 Å². The molecule has 2 unspecified atom stereocenters. The van der Waals surface area contributed by atoms with Crippen LogP contribution >= 0.6 is 0 Å². The molecule has 0 saturated carbocycles. The molecule has 3 N–H and O–H groups in total. The monoisotopic (exact) mass is 190 g/mol. The molecule has 5 nitrogen and oxygen atoms in total. The standard InChI is InChI=1S/C8H14O5/c1-5(7(10)11)3-2-4-6(9)8(12)13/h5-6,9H,2-4H2,1H3,(H,10,11)(H,12,13). The molecule has 0 saturated heterocycles. The van der Waals surface area contributed by atoms with Crippen molar-refractivity contribution in [2.24, 2.45) is 5.92 Å². The summed E-state index contributed by atoms with van der Waals surface area (Å²) < 4.78 is 0. The average molecular weight is 190 g/mol. The van der Waals surface area contributed by atoms with Crippen LogP contribution in [0, 0.1) is 5.92 Å². The molecule has 0 aliphatic carbocycles. The smallest absolute Gasteiger partial charge is 0.332 e. The van der Waals surface area contributed by atoms with Gasteiger partial charge >= 0.3 is 11.9 Å². The Morgan fingerprint density at radius 1 is 1.15 bits per heavy atom. The van der Waals surface area contributed by atoms with E-state index in [1.807, 2.05) is 0 Å². The molecule has 5 heteroatoms. The van der Waals surface area contributed by atoms with Crippen molar-refractivity contribution in [3.63, 3.8) is 0 Å². The first-order chi connectivity index (χ1) is 5.95. The minimum atomic E-state index is -1.37. The predicted octanol–water partition coefficient (Wildman–Crippen LogP) is 0.323. The van der Waals surface area contributed by atoms with Crippen LogP contribution in [-0.4, -0.2) is 33.4 Å². The van der Waals surface area contributed by atoms with E-state index in [2.05, 4.69) is 0 Å². The summed E-state index contributed by atoms with van der Waals surface area (Å²) >= 11 is 0. The first-order valence-corrected chi connectivity index (χ1v) is 4.08. The molecular formula is C8H14O5. The van der Waals surface area contributed by atoms with Gasteiger partial charge in [-0.2, -0.15) is 0 Å². The Morgan fingerprint density at radius 2 is 1.69 bits per heavy atom. The lowest BCUT2D eigenvalue weighted by Gasteiger charge is -2.07. The number of carboxylic acids is 2. The van der Waals surface area contributed by atoms with Crippen molar-refractivity contribution in [2.75, 3.05) is 0 Å². The van der Waals surface area contributed by atoms with E-state index in [-0.39, 0.29) is 6.42 Å². The number of aliphatic hydroxyl groups excluding tert-OH is 1. The van der Waals surface area contributed by atoms with Crippen molar-refractivity contribution < 1.29 is 24.9 Å². The van der Waals surface area contributed by atoms with Gasteiger partial charge in [0.15, 0.2) is 6.10 Å². The molecular weight excluding hydrogens is 176 g/mol. The summed E-state index contributed by atoms with van der Waals surface area (Å²) in [6.07, 6.45) is -0.478. The van der Waals surface area contributed by atoms with Gasteiger partial charge in [0.2, 0.25) is 0 Å². The van der Waals surface area contributed by atoms with Crippen LogP contribution in [-0.2, 0) is 9.59 Å². The fourth-order valence-corrected chi connectivity index (χ4v) is 0.864. The average Bonchev–Trinajstić information content (AvgIpc) is 2.03. The number of aliphatic carboxylic acids is 2. The van der Waals surface area contributed by atoms with Gasteiger partial charge in [0, 0.05) is 0 Å². The SMILES string of the molecule is CC(CCCC(O)C(=O)O)C(=O)O. The molecule has 0 aromatic rings. The van der Waals surface area contributed by atoms with Gasteiger partial charge in [0.05, 0.1) is 5.92 Å². The molecule has 0 aromatic heterocycles. The number of carboxylic acid groups (broad SMARTS) is 2. The first kappa shape index (κ1) is 11.9. The molecule has 76 valence electrons. The normalized spacial score (nSPS) is 14.9. The first-order valence-electron chi connectivity index (χ1n) is 4.08. The Hall–Kier alpha value is -1.10. The number of rotatable bonds is 6. The molecule has 0 fully saturated rings. The van der Waals surface area contributed by atoms with Gasteiger partial charge in [0.25, 0.3) is 0 Å². The van der Waals surface area contributed by atoms with Gasteiger partial charge in [-0.25, -0.2) is 4.79 Å². The van der Waals surface area contributed by atoms with E-state index in [0.717, 1.165) is 0 Å². The maximum absolute atomic E-state index is 10.3. The van der Waals surface area contributed by atoms with Gasteiger partial charge in [-0.1, -0.05) is 6.92 Å². The highest BCUT2D eigenvalue weighted by molar-refractivity contribution is 5.71. The summed E-state index contributed by atoms with van der Waals surface area (Å²) in [5.41, 5.74) is 0. The van der Waals surface area contributed by atoms with Crippen molar-refractivity contribution in [3.8, 4) is 0 Å². The molecule has 0 aliphatic heterocycles. The Morgan fingerprint density at radius 3 is 2.08 bits per heavy atom. The van der Waals surface area contributed by atoms with Crippen LogP contribution in [0.3, 0.4) is 0 Å². The zero-order chi connectivity index (χ0) is 10.4. The van der Waals surface area contributed by atoms with Crippen molar-refractivity contribution >= 4 is 11.9 Å². The predicted molar refractivity (Wildman–Crippen MR) is 44.3 cm³/mol. The molecule has 0 aliphatic rings. The fraction of sp³-hybridized carbons (Fsp3) is 0.750. The topological polar surface area (TPSA) is 94.8 Å².